The first-order valence-corrected chi connectivity index (χ1v) is 17.0. The average molecular weight is 637 g/mol. The molecule has 0 aliphatic rings. The van der Waals surface area contributed by atoms with Crippen LogP contribution in [-0.2, 0) is 0 Å². The van der Waals surface area contributed by atoms with Gasteiger partial charge in [0, 0.05) is 11.1 Å². The zero-order valence-corrected chi connectivity index (χ0v) is 27.5. The Morgan fingerprint density at radius 1 is 0.447 bits per heavy atom. The van der Waals surface area contributed by atoms with Gasteiger partial charge in [0.15, 0.2) is 0 Å². The third kappa shape index (κ3) is 6.86. The Bertz CT molecular complexity index is 1940. The fourth-order valence-electron chi connectivity index (χ4n) is 5.53. The van der Waals surface area contributed by atoms with Crippen molar-refractivity contribution in [3.63, 3.8) is 0 Å². The van der Waals surface area contributed by atoms with Crippen LogP contribution in [0.2, 0.25) is 0 Å². The third-order valence-corrected chi connectivity index (χ3v) is 8.82. The van der Waals surface area contributed by atoms with Gasteiger partial charge in [-0.3, -0.25) is 0 Å². The summed E-state index contributed by atoms with van der Waals surface area (Å²) in [6.07, 6.45) is 4.35. The normalized spacial score (nSPS) is 11.3. The number of hydrogen-bond donors (Lipinski definition) is 0. The minimum atomic E-state index is 0.745. The number of unbranched alkanes of at least 4 members (excludes halogenated alkanes) is 2. The number of nitrogens with zero attached hydrogens (tertiary/aromatic N) is 4. The van der Waals surface area contributed by atoms with E-state index in [1.807, 2.05) is 36.4 Å². The fourth-order valence-corrected chi connectivity index (χ4v) is 6.04. The zero-order chi connectivity index (χ0) is 32.0. The fraction of sp³-hybridized carbons (Fsp3) is 0.200. The van der Waals surface area contributed by atoms with E-state index in [4.69, 9.17) is 19.4 Å². The molecular weight excluding hydrogens is 601 g/mol. The van der Waals surface area contributed by atoms with Gasteiger partial charge in [-0.2, -0.15) is 8.75 Å². The van der Waals surface area contributed by atoms with Crippen LogP contribution in [0.25, 0.3) is 66.8 Å². The molecule has 0 saturated carbocycles. The predicted octanol–water partition coefficient (Wildman–Crippen LogP) is 10.7. The lowest BCUT2D eigenvalue weighted by atomic mass is 9.98. The molecule has 0 N–H and O–H groups in total. The van der Waals surface area contributed by atoms with Crippen molar-refractivity contribution in [1.82, 2.24) is 18.7 Å². The topological polar surface area (TPSA) is 70.0 Å². The molecular formula is C40H36N4O2S. The maximum atomic E-state index is 5.85. The summed E-state index contributed by atoms with van der Waals surface area (Å²) in [4.78, 5) is 10.3. The second-order valence-corrected chi connectivity index (χ2v) is 12.2. The summed E-state index contributed by atoms with van der Waals surface area (Å²) in [6, 6.07) is 37.6. The number of ether oxygens (including phenoxy) is 2. The first kappa shape index (κ1) is 30.5. The quantitative estimate of drug-likeness (QED) is 0.124. The van der Waals surface area contributed by atoms with Gasteiger partial charge in [-0.1, -0.05) is 99.5 Å². The number of rotatable bonds is 12. The highest BCUT2D eigenvalue weighted by Gasteiger charge is 2.16. The molecule has 0 aliphatic heterocycles. The van der Waals surface area contributed by atoms with E-state index in [9.17, 15) is 0 Å². The van der Waals surface area contributed by atoms with E-state index >= 15 is 0 Å². The summed E-state index contributed by atoms with van der Waals surface area (Å²) in [5.74, 6) is 1.80. The Hall–Kier alpha value is -5.14. The van der Waals surface area contributed by atoms with Crippen molar-refractivity contribution in [3.8, 4) is 56.3 Å². The molecule has 0 bridgehead atoms. The van der Waals surface area contributed by atoms with Crippen LogP contribution in [0.15, 0.2) is 109 Å². The smallest absolute Gasteiger partial charge is 0.119 e. The summed E-state index contributed by atoms with van der Waals surface area (Å²) >= 11 is 1.20. The number of benzene rings is 5. The van der Waals surface area contributed by atoms with Crippen LogP contribution < -0.4 is 9.47 Å². The zero-order valence-electron chi connectivity index (χ0n) is 26.6. The van der Waals surface area contributed by atoms with Crippen molar-refractivity contribution in [3.05, 3.63) is 109 Å². The molecule has 7 heteroatoms. The SMILES string of the molecule is CCCCOc1ccc(-c2ccc(-c3nc4cc5nsnc5cc4nc3-c3ccc(-c4ccc(OCCCC)cc4)cc3)cc2)cc1. The molecule has 47 heavy (non-hydrogen) atoms. The van der Waals surface area contributed by atoms with E-state index < -0.39 is 0 Å². The van der Waals surface area contributed by atoms with Gasteiger partial charge in [0.2, 0.25) is 0 Å². The molecule has 0 aliphatic carbocycles. The molecule has 0 spiro atoms. The number of fused-ring (bicyclic) bond motifs is 2. The van der Waals surface area contributed by atoms with Crippen molar-refractivity contribution in [2.45, 2.75) is 39.5 Å². The largest absolute Gasteiger partial charge is 0.494 e. The highest BCUT2D eigenvalue weighted by molar-refractivity contribution is 7.00. The Labute approximate surface area is 279 Å². The Morgan fingerprint density at radius 3 is 1.15 bits per heavy atom. The lowest BCUT2D eigenvalue weighted by Gasteiger charge is -2.12. The van der Waals surface area contributed by atoms with Crippen molar-refractivity contribution in [2.75, 3.05) is 13.2 Å². The monoisotopic (exact) mass is 636 g/mol. The number of hydrogen-bond acceptors (Lipinski definition) is 7. The summed E-state index contributed by atoms with van der Waals surface area (Å²) in [7, 11) is 0. The standard InChI is InChI=1S/C40H36N4O2S/c1-3-5-23-45-33-19-15-29(16-20-33)27-7-11-31(12-8-27)39-40(42-36-26-38-37(43-47-44-38)25-35(36)41-39)32-13-9-28(10-14-32)30-17-21-34(22-18-30)46-24-6-4-2/h7-22,25-26H,3-6,23-24H2,1-2H3. The molecule has 6 nitrogen and oxygen atoms in total. The van der Waals surface area contributed by atoms with Crippen LogP contribution in [-0.4, -0.2) is 31.9 Å². The summed E-state index contributed by atoms with van der Waals surface area (Å²) in [5.41, 5.74) is 11.4. The molecule has 0 radical (unpaired) electrons. The second kappa shape index (κ2) is 14.1. The van der Waals surface area contributed by atoms with Crippen LogP contribution in [0.3, 0.4) is 0 Å². The molecule has 2 heterocycles. The van der Waals surface area contributed by atoms with Crippen molar-refractivity contribution in [1.29, 1.82) is 0 Å². The van der Waals surface area contributed by atoms with Crippen LogP contribution in [0.4, 0.5) is 0 Å². The van der Waals surface area contributed by atoms with Gasteiger partial charge in [-0.05, 0) is 71.5 Å². The highest BCUT2D eigenvalue weighted by atomic mass is 32.1. The van der Waals surface area contributed by atoms with Crippen LogP contribution in [0, 0.1) is 0 Å². The maximum Gasteiger partial charge on any atom is 0.119 e. The molecule has 0 atom stereocenters. The molecule has 0 fully saturated rings. The van der Waals surface area contributed by atoms with Gasteiger partial charge in [0.1, 0.15) is 22.5 Å². The van der Waals surface area contributed by atoms with Crippen molar-refractivity contribution >= 4 is 33.8 Å². The molecule has 234 valence electrons. The molecule has 0 saturated heterocycles. The van der Waals surface area contributed by atoms with Crippen LogP contribution in [0.5, 0.6) is 11.5 Å². The van der Waals surface area contributed by atoms with Crippen LogP contribution >= 0.6 is 11.7 Å². The van der Waals surface area contributed by atoms with E-state index in [0.29, 0.717) is 0 Å². The van der Waals surface area contributed by atoms with Crippen molar-refractivity contribution in [2.24, 2.45) is 0 Å². The van der Waals surface area contributed by atoms with Gasteiger partial charge in [0.25, 0.3) is 0 Å². The first-order valence-electron chi connectivity index (χ1n) is 16.3. The lowest BCUT2D eigenvalue weighted by Crippen LogP contribution is -1.96. The summed E-state index contributed by atoms with van der Waals surface area (Å²) < 4.78 is 20.6. The molecule has 2 aromatic heterocycles. The molecule has 5 aromatic carbocycles. The maximum absolute atomic E-state index is 5.85. The lowest BCUT2D eigenvalue weighted by molar-refractivity contribution is 0.309. The van der Waals surface area contributed by atoms with Gasteiger partial charge < -0.3 is 9.47 Å². The highest BCUT2D eigenvalue weighted by Crippen LogP contribution is 2.35. The van der Waals surface area contributed by atoms with E-state index in [2.05, 4.69) is 95.4 Å². The molecule has 7 aromatic rings. The predicted molar refractivity (Wildman–Crippen MR) is 193 cm³/mol. The summed E-state index contributed by atoms with van der Waals surface area (Å²) in [6.45, 7) is 5.83. The van der Waals surface area contributed by atoms with E-state index in [-0.39, 0.29) is 0 Å². The first-order chi connectivity index (χ1) is 23.2. The van der Waals surface area contributed by atoms with Gasteiger partial charge >= 0.3 is 0 Å². The Kier molecular flexibility index (Phi) is 9.15. The summed E-state index contributed by atoms with van der Waals surface area (Å²) in [5, 5.41) is 0. The van der Waals surface area contributed by atoms with E-state index in [1.54, 1.807) is 0 Å². The molecule has 0 amide bonds. The van der Waals surface area contributed by atoms with Crippen LogP contribution in [0.1, 0.15) is 39.5 Å². The minimum Gasteiger partial charge on any atom is -0.494 e. The van der Waals surface area contributed by atoms with E-state index in [1.165, 1.54) is 11.7 Å². The van der Waals surface area contributed by atoms with Gasteiger partial charge in [0.05, 0.1) is 47.4 Å². The number of aromatic nitrogens is 4. The third-order valence-electron chi connectivity index (χ3n) is 8.26. The van der Waals surface area contributed by atoms with Gasteiger partial charge in [-0.25, -0.2) is 9.97 Å². The Morgan fingerprint density at radius 2 is 0.787 bits per heavy atom. The van der Waals surface area contributed by atoms with Crippen molar-refractivity contribution < 1.29 is 9.47 Å². The second-order valence-electron chi connectivity index (χ2n) is 11.6. The Balaban J connectivity index is 1.21. The van der Waals surface area contributed by atoms with E-state index in [0.717, 1.165) is 117 Å². The molecule has 0 unspecified atom stereocenters. The molecule has 7 rings (SSSR count). The average Bonchev–Trinajstić information content (AvgIpc) is 3.58. The minimum absolute atomic E-state index is 0.745. The van der Waals surface area contributed by atoms with Gasteiger partial charge in [-0.15, -0.1) is 0 Å².